The van der Waals surface area contributed by atoms with Crippen molar-refractivity contribution in [3.05, 3.63) is 66.0 Å². The molecule has 18 heavy (non-hydrogen) atoms. The van der Waals surface area contributed by atoms with Crippen LogP contribution < -0.4 is 4.74 Å². The number of benzene rings is 1. The van der Waals surface area contributed by atoms with E-state index in [1.54, 1.807) is 18.5 Å². The van der Waals surface area contributed by atoms with Crippen LogP contribution in [-0.2, 0) is 11.4 Å². The number of carbonyl (C=O) groups is 1. The molecule has 0 N–H and O–H groups in total. The Bertz CT molecular complexity index is 535. The van der Waals surface area contributed by atoms with Gasteiger partial charge in [0.1, 0.15) is 18.6 Å². The summed E-state index contributed by atoms with van der Waals surface area (Å²) >= 11 is 0. The molecule has 0 aliphatic heterocycles. The van der Waals surface area contributed by atoms with Crippen molar-refractivity contribution in [2.45, 2.75) is 6.61 Å². The Hall–Kier alpha value is -2.42. The van der Waals surface area contributed by atoms with E-state index in [2.05, 4.69) is 4.98 Å². The van der Waals surface area contributed by atoms with Gasteiger partial charge in [-0.3, -0.25) is 9.78 Å². The van der Waals surface area contributed by atoms with Crippen LogP contribution in [0.4, 0.5) is 0 Å². The van der Waals surface area contributed by atoms with Gasteiger partial charge in [-0.15, -0.1) is 0 Å². The predicted octanol–water partition coefficient (Wildman–Crippen LogP) is 2.87. The van der Waals surface area contributed by atoms with Crippen molar-refractivity contribution in [1.82, 2.24) is 4.98 Å². The van der Waals surface area contributed by atoms with E-state index in [0.29, 0.717) is 6.61 Å². The second-order valence-corrected chi connectivity index (χ2v) is 3.68. The highest BCUT2D eigenvalue weighted by atomic mass is 16.5. The number of carbonyl (C=O) groups excluding carboxylic acids is 1. The van der Waals surface area contributed by atoms with Gasteiger partial charge in [0, 0.05) is 18.0 Å². The zero-order valence-electron chi connectivity index (χ0n) is 9.82. The number of aldehydes is 1. The molecule has 0 atom stereocenters. The summed E-state index contributed by atoms with van der Waals surface area (Å²) in [5, 5.41) is 0. The van der Waals surface area contributed by atoms with Crippen molar-refractivity contribution in [2.24, 2.45) is 0 Å². The van der Waals surface area contributed by atoms with Crippen LogP contribution in [0.1, 0.15) is 11.1 Å². The molecular weight excluding hydrogens is 226 g/mol. The zero-order valence-corrected chi connectivity index (χ0v) is 9.82. The van der Waals surface area contributed by atoms with Crippen LogP contribution >= 0.6 is 0 Å². The van der Waals surface area contributed by atoms with Crippen LogP contribution in [0.15, 0.2) is 54.9 Å². The fraction of sp³-hybridized carbons (Fsp3) is 0.0667. The van der Waals surface area contributed by atoms with Crippen LogP contribution in [0.5, 0.6) is 5.75 Å². The van der Waals surface area contributed by atoms with Gasteiger partial charge in [-0.25, -0.2) is 0 Å². The quantitative estimate of drug-likeness (QED) is 0.595. The van der Waals surface area contributed by atoms with Gasteiger partial charge in [-0.05, 0) is 35.9 Å². The summed E-state index contributed by atoms with van der Waals surface area (Å²) in [6.07, 6.45) is 7.40. The Kier molecular flexibility index (Phi) is 4.25. The third kappa shape index (κ3) is 3.28. The lowest BCUT2D eigenvalue weighted by Crippen LogP contribution is -1.96. The molecule has 1 heterocycles. The highest BCUT2D eigenvalue weighted by Crippen LogP contribution is 2.20. The van der Waals surface area contributed by atoms with Crippen molar-refractivity contribution >= 4 is 12.4 Å². The molecule has 0 spiro atoms. The maximum Gasteiger partial charge on any atom is 0.142 e. The van der Waals surface area contributed by atoms with Gasteiger partial charge in [0.05, 0.1) is 0 Å². The Morgan fingerprint density at radius 2 is 1.89 bits per heavy atom. The van der Waals surface area contributed by atoms with Gasteiger partial charge >= 0.3 is 0 Å². The molecule has 0 aliphatic rings. The summed E-state index contributed by atoms with van der Waals surface area (Å²) in [7, 11) is 0. The lowest BCUT2D eigenvalue weighted by Gasteiger charge is -2.08. The third-order valence-electron chi connectivity index (χ3n) is 2.42. The van der Waals surface area contributed by atoms with E-state index in [1.807, 2.05) is 36.4 Å². The van der Waals surface area contributed by atoms with Crippen molar-refractivity contribution in [3.63, 3.8) is 0 Å². The molecule has 3 heteroatoms. The van der Waals surface area contributed by atoms with Crippen molar-refractivity contribution in [1.29, 1.82) is 0 Å². The highest BCUT2D eigenvalue weighted by Gasteiger charge is 2.00. The lowest BCUT2D eigenvalue weighted by atomic mass is 10.2. The van der Waals surface area contributed by atoms with E-state index >= 15 is 0 Å². The van der Waals surface area contributed by atoms with E-state index in [9.17, 15) is 4.79 Å². The SMILES string of the molecule is O=C/C=C/c1ccccc1OCc1ccncc1. The Labute approximate surface area is 106 Å². The molecule has 3 nitrogen and oxygen atoms in total. The number of pyridine rings is 1. The van der Waals surface area contributed by atoms with Gasteiger partial charge in [-0.1, -0.05) is 18.2 Å². The van der Waals surface area contributed by atoms with Crippen LogP contribution in [-0.4, -0.2) is 11.3 Å². The zero-order chi connectivity index (χ0) is 12.6. The van der Waals surface area contributed by atoms with E-state index in [-0.39, 0.29) is 0 Å². The van der Waals surface area contributed by atoms with Crippen LogP contribution in [0.25, 0.3) is 6.08 Å². The molecule has 2 aromatic rings. The maximum atomic E-state index is 10.3. The first-order valence-corrected chi connectivity index (χ1v) is 5.63. The predicted molar refractivity (Wildman–Crippen MR) is 70.1 cm³/mol. The van der Waals surface area contributed by atoms with Crippen molar-refractivity contribution in [2.75, 3.05) is 0 Å². The number of ether oxygens (including phenoxy) is 1. The molecule has 1 aromatic carbocycles. The number of hydrogen-bond acceptors (Lipinski definition) is 3. The second-order valence-electron chi connectivity index (χ2n) is 3.68. The first-order valence-electron chi connectivity index (χ1n) is 5.63. The summed E-state index contributed by atoms with van der Waals surface area (Å²) in [6.45, 7) is 0.481. The van der Waals surface area contributed by atoms with Crippen LogP contribution in [0.3, 0.4) is 0 Å². The van der Waals surface area contributed by atoms with Gasteiger partial charge in [0.25, 0.3) is 0 Å². The van der Waals surface area contributed by atoms with Crippen LogP contribution in [0.2, 0.25) is 0 Å². The Balaban J connectivity index is 2.09. The lowest BCUT2D eigenvalue weighted by molar-refractivity contribution is -0.104. The van der Waals surface area contributed by atoms with E-state index in [0.717, 1.165) is 23.2 Å². The number of rotatable bonds is 5. The second kappa shape index (κ2) is 6.35. The minimum absolute atomic E-state index is 0.481. The topological polar surface area (TPSA) is 39.2 Å². The summed E-state index contributed by atoms with van der Waals surface area (Å²) in [4.78, 5) is 14.3. The van der Waals surface area contributed by atoms with E-state index < -0.39 is 0 Å². The van der Waals surface area contributed by atoms with Crippen molar-refractivity contribution in [3.8, 4) is 5.75 Å². The van der Waals surface area contributed by atoms with Crippen LogP contribution in [0, 0.1) is 0 Å². The molecule has 0 fully saturated rings. The standard InChI is InChI=1S/C15H13NO2/c17-11-3-5-14-4-1-2-6-15(14)18-12-13-7-9-16-10-8-13/h1-11H,12H2/b5-3+. The number of nitrogens with zero attached hydrogens (tertiary/aromatic N) is 1. The fourth-order valence-electron chi connectivity index (χ4n) is 1.53. The molecule has 0 bridgehead atoms. The summed E-state index contributed by atoms with van der Waals surface area (Å²) < 4.78 is 5.73. The molecule has 0 amide bonds. The van der Waals surface area contributed by atoms with E-state index in [1.165, 1.54) is 6.08 Å². The van der Waals surface area contributed by atoms with Gasteiger partial charge in [-0.2, -0.15) is 0 Å². The maximum absolute atomic E-state index is 10.3. The average molecular weight is 239 g/mol. The average Bonchev–Trinajstić information content (AvgIpc) is 2.45. The van der Waals surface area contributed by atoms with Gasteiger partial charge < -0.3 is 4.74 Å². The van der Waals surface area contributed by atoms with Crippen molar-refractivity contribution < 1.29 is 9.53 Å². The number of allylic oxidation sites excluding steroid dienone is 1. The Morgan fingerprint density at radius 3 is 2.67 bits per heavy atom. The molecule has 0 saturated heterocycles. The van der Waals surface area contributed by atoms with Gasteiger partial charge in [0.15, 0.2) is 0 Å². The number of para-hydroxylation sites is 1. The molecule has 1 aromatic heterocycles. The molecule has 0 unspecified atom stereocenters. The Morgan fingerprint density at radius 1 is 1.11 bits per heavy atom. The normalized spacial score (nSPS) is 10.4. The molecule has 0 saturated carbocycles. The minimum Gasteiger partial charge on any atom is -0.488 e. The summed E-state index contributed by atoms with van der Waals surface area (Å²) in [6, 6.07) is 11.4. The monoisotopic (exact) mass is 239 g/mol. The molecule has 2 rings (SSSR count). The molecule has 0 aliphatic carbocycles. The summed E-state index contributed by atoms with van der Waals surface area (Å²) in [5.41, 5.74) is 1.94. The highest BCUT2D eigenvalue weighted by molar-refractivity contribution is 5.75. The number of aromatic nitrogens is 1. The molecule has 0 radical (unpaired) electrons. The van der Waals surface area contributed by atoms with E-state index in [4.69, 9.17) is 4.74 Å². The first-order chi connectivity index (χ1) is 8.90. The minimum atomic E-state index is 0.481. The number of hydrogen-bond donors (Lipinski definition) is 0. The largest absolute Gasteiger partial charge is 0.488 e. The summed E-state index contributed by atoms with van der Waals surface area (Å²) in [5.74, 6) is 0.757. The third-order valence-corrected chi connectivity index (χ3v) is 2.42. The van der Waals surface area contributed by atoms with Gasteiger partial charge in [0.2, 0.25) is 0 Å². The first kappa shape index (κ1) is 12.0. The smallest absolute Gasteiger partial charge is 0.142 e. The molecule has 90 valence electrons. The fourth-order valence-corrected chi connectivity index (χ4v) is 1.53. The molecular formula is C15H13NO2.